The van der Waals surface area contributed by atoms with Crippen molar-refractivity contribution in [2.24, 2.45) is 0 Å². The van der Waals surface area contributed by atoms with Crippen molar-refractivity contribution in [1.29, 1.82) is 0 Å². The highest BCUT2D eigenvalue weighted by Crippen LogP contribution is 2.05. The quantitative estimate of drug-likeness (QED) is 0.608. The van der Waals surface area contributed by atoms with Gasteiger partial charge < -0.3 is 0 Å². The van der Waals surface area contributed by atoms with Crippen LogP contribution in [-0.4, -0.2) is 0 Å². The largest absolute Gasteiger partial charge is 0.0991 e. The van der Waals surface area contributed by atoms with Gasteiger partial charge in [0.1, 0.15) is 0 Å². The first-order chi connectivity index (χ1) is 6.58. The van der Waals surface area contributed by atoms with E-state index in [1.807, 2.05) is 31.2 Å². The SMILES string of the molecule is C=C(Br)/C=C\C(=C)CC.C=C/C=C\C. The summed E-state index contributed by atoms with van der Waals surface area (Å²) in [6, 6.07) is 0. The number of rotatable bonds is 4. The summed E-state index contributed by atoms with van der Waals surface area (Å²) in [5, 5.41) is 0. The van der Waals surface area contributed by atoms with Crippen molar-refractivity contribution in [3.63, 3.8) is 0 Å². The van der Waals surface area contributed by atoms with Gasteiger partial charge in [-0.25, -0.2) is 0 Å². The van der Waals surface area contributed by atoms with Gasteiger partial charge in [0.15, 0.2) is 0 Å². The van der Waals surface area contributed by atoms with E-state index in [1.54, 1.807) is 6.08 Å². The number of allylic oxidation sites excluding steroid dienone is 7. The summed E-state index contributed by atoms with van der Waals surface area (Å²) in [6.07, 6.45) is 10.4. The topological polar surface area (TPSA) is 0 Å². The van der Waals surface area contributed by atoms with Crippen LogP contribution < -0.4 is 0 Å². The fraction of sp³-hybridized carbons (Fsp3) is 0.231. The van der Waals surface area contributed by atoms with E-state index in [1.165, 1.54) is 0 Å². The predicted octanol–water partition coefficient (Wildman–Crippen LogP) is 5.17. The van der Waals surface area contributed by atoms with E-state index in [0.29, 0.717) is 0 Å². The van der Waals surface area contributed by atoms with Crippen molar-refractivity contribution in [2.75, 3.05) is 0 Å². The van der Waals surface area contributed by atoms with Gasteiger partial charge >= 0.3 is 0 Å². The lowest BCUT2D eigenvalue weighted by atomic mass is 10.2. The molecule has 78 valence electrons. The van der Waals surface area contributed by atoms with Crippen LogP contribution in [0.2, 0.25) is 0 Å². The van der Waals surface area contributed by atoms with Gasteiger partial charge in [0.25, 0.3) is 0 Å². The molecule has 0 amide bonds. The second-order valence-electron chi connectivity index (χ2n) is 2.55. The Labute approximate surface area is 96.5 Å². The molecule has 0 aromatic rings. The molecule has 0 N–H and O–H groups in total. The van der Waals surface area contributed by atoms with E-state index in [9.17, 15) is 0 Å². The Morgan fingerprint density at radius 2 is 1.86 bits per heavy atom. The summed E-state index contributed by atoms with van der Waals surface area (Å²) >= 11 is 3.21. The molecule has 0 saturated heterocycles. The Bertz CT molecular complexity index is 232. The van der Waals surface area contributed by atoms with Crippen LogP contribution in [0.5, 0.6) is 0 Å². The van der Waals surface area contributed by atoms with Crippen molar-refractivity contribution in [1.82, 2.24) is 0 Å². The molecule has 0 aliphatic carbocycles. The van der Waals surface area contributed by atoms with Crippen molar-refractivity contribution in [2.45, 2.75) is 20.3 Å². The predicted molar refractivity (Wildman–Crippen MR) is 71.6 cm³/mol. The van der Waals surface area contributed by atoms with Crippen LogP contribution in [0, 0.1) is 0 Å². The Hall–Kier alpha value is -0.820. The second-order valence-corrected chi connectivity index (χ2v) is 3.57. The standard InChI is InChI=1S/C8H11Br.C5H8/c1-4-7(2)5-6-8(3)9;1-3-5-4-2/h5-6H,2-4H2,1H3;3-5H,1H2,2H3/b6-5-;5-4-. The monoisotopic (exact) mass is 254 g/mol. The lowest BCUT2D eigenvalue weighted by molar-refractivity contribution is 1.16. The molecule has 0 nitrogen and oxygen atoms in total. The van der Waals surface area contributed by atoms with Crippen LogP contribution in [0.1, 0.15) is 20.3 Å². The Kier molecular flexibility index (Phi) is 13.6. The molecule has 0 aliphatic heterocycles. The van der Waals surface area contributed by atoms with Gasteiger partial charge in [0, 0.05) is 4.48 Å². The van der Waals surface area contributed by atoms with E-state index in [2.05, 4.69) is 42.6 Å². The van der Waals surface area contributed by atoms with Crippen LogP contribution in [0.4, 0.5) is 0 Å². The Morgan fingerprint density at radius 1 is 1.29 bits per heavy atom. The minimum absolute atomic E-state index is 0.886. The van der Waals surface area contributed by atoms with Gasteiger partial charge in [0.2, 0.25) is 0 Å². The van der Waals surface area contributed by atoms with Crippen LogP contribution in [0.3, 0.4) is 0 Å². The van der Waals surface area contributed by atoms with Gasteiger partial charge in [-0.15, -0.1) is 0 Å². The molecule has 0 rings (SSSR count). The first kappa shape index (κ1) is 15.6. The third-order valence-electron chi connectivity index (χ3n) is 1.28. The van der Waals surface area contributed by atoms with Gasteiger partial charge in [-0.1, -0.05) is 72.5 Å². The Morgan fingerprint density at radius 3 is 2.07 bits per heavy atom. The normalized spacial score (nSPS) is 9.64. The molecule has 0 heterocycles. The maximum atomic E-state index is 3.80. The molecular weight excluding hydrogens is 236 g/mol. The van der Waals surface area contributed by atoms with E-state index >= 15 is 0 Å². The summed E-state index contributed by atoms with van der Waals surface area (Å²) in [6.45, 7) is 14.9. The van der Waals surface area contributed by atoms with E-state index in [4.69, 9.17) is 0 Å². The Balaban J connectivity index is 0. The fourth-order valence-corrected chi connectivity index (χ4v) is 0.594. The van der Waals surface area contributed by atoms with Gasteiger partial charge in [0.05, 0.1) is 0 Å². The zero-order chi connectivity index (χ0) is 11.4. The molecule has 0 aromatic heterocycles. The molecule has 0 unspecified atom stereocenters. The zero-order valence-electron chi connectivity index (χ0n) is 9.09. The first-order valence-corrected chi connectivity index (χ1v) is 5.31. The molecule has 0 fully saturated rings. The molecule has 1 heteroatoms. The number of hydrogen-bond donors (Lipinski definition) is 0. The summed E-state index contributed by atoms with van der Waals surface area (Å²) in [4.78, 5) is 0. The minimum atomic E-state index is 0.886. The lowest BCUT2D eigenvalue weighted by Gasteiger charge is -1.88. The summed E-state index contributed by atoms with van der Waals surface area (Å²) in [5.41, 5.74) is 1.12. The third-order valence-corrected chi connectivity index (χ3v) is 1.55. The maximum Gasteiger partial charge on any atom is 0.0103 e. The molecule has 0 bridgehead atoms. The smallest absolute Gasteiger partial charge is 0.0103 e. The van der Waals surface area contributed by atoms with Crippen LogP contribution in [0.25, 0.3) is 0 Å². The third kappa shape index (κ3) is 17.3. The van der Waals surface area contributed by atoms with Gasteiger partial charge in [-0.05, 0) is 19.4 Å². The highest BCUT2D eigenvalue weighted by Gasteiger charge is 1.80. The fourth-order valence-electron chi connectivity index (χ4n) is 0.462. The minimum Gasteiger partial charge on any atom is -0.0991 e. The maximum absolute atomic E-state index is 3.80. The van der Waals surface area contributed by atoms with Crippen LogP contribution in [-0.2, 0) is 0 Å². The summed E-state index contributed by atoms with van der Waals surface area (Å²) in [5.74, 6) is 0. The first-order valence-electron chi connectivity index (χ1n) is 4.52. The van der Waals surface area contributed by atoms with E-state index in [0.717, 1.165) is 16.5 Å². The van der Waals surface area contributed by atoms with Crippen molar-refractivity contribution >= 4 is 15.9 Å². The van der Waals surface area contributed by atoms with Gasteiger partial charge in [-0.2, -0.15) is 0 Å². The highest BCUT2D eigenvalue weighted by atomic mass is 79.9. The van der Waals surface area contributed by atoms with Crippen molar-refractivity contribution in [3.8, 4) is 0 Å². The molecule has 0 radical (unpaired) electrons. The van der Waals surface area contributed by atoms with Crippen molar-refractivity contribution in [3.05, 3.63) is 60.2 Å². The van der Waals surface area contributed by atoms with E-state index < -0.39 is 0 Å². The average Bonchev–Trinajstić information content (AvgIpc) is 2.16. The molecule has 0 saturated carbocycles. The molecule has 0 aliphatic rings. The highest BCUT2D eigenvalue weighted by molar-refractivity contribution is 9.11. The average molecular weight is 255 g/mol. The number of hydrogen-bond acceptors (Lipinski definition) is 0. The van der Waals surface area contributed by atoms with Crippen molar-refractivity contribution < 1.29 is 0 Å². The second kappa shape index (κ2) is 12.2. The lowest BCUT2D eigenvalue weighted by Crippen LogP contribution is -1.67. The van der Waals surface area contributed by atoms with Crippen LogP contribution in [0.15, 0.2) is 60.2 Å². The van der Waals surface area contributed by atoms with Crippen LogP contribution >= 0.6 is 15.9 Å². The van der Waals surface area contributed by atoms with Gasteiger partial charge in [-0.3, -0.25) is 0 Å². The molecular formula is C13H19Br. The number of halogens is 1. The summed E-state index contributed by atoms with van der Waals surface area (Å²) < 4.78 is 0.886. The zero-order valence-corrected chi connectivity index (χ0v) is 10.7. The van der Waals surface area contributed by atoms with E-state index in [-0.39, 0.29) is 0 Å². The molecule has 14 heavy (non-hydrogen) atoms. The molecule has 0 atom stereocenters. The molecule has 0 aromatic carbocycles. The summed E-state index contributed by atoms with van der Waals surface area (Å²) in [7, 11) is 0. The molecule has 0 spiro atoms.